The van der Waals surface area contributed by atoms with Gasteiger partial charge in [0.2, 0.25) is 0 Å². The van der Waals surface area contributed by atoms with Crippen molar-refractivity contribution < 1.29 is 0 Å². The van der Waals surface area contributed by atoms with Gasteiger partial charge in [0, 0.05) is 24.0 Å². The summed E-state index contributed by atoms with van der Waals surface area (Å²) in [5.41, 5.74) is 7.48. The van der Waals surface area contributed by atoms with Gasteiger partial charge >= 0.3 is 0 Å². The molecule has 2 N–H and O–H groups in total. The average molecular weight is 250 g/mol. The summed E-state index contributed by atoms with van der Waals surface area (Å²) < 4.78 is 0. The maximum atomic E-state index is 6.06. The van der Waals surface area contributed by atoms with Crippen LogP contribution in [0.25, 0.3) is 0 Å². The maximum absolute atomic E-state index is 6.06. The van der Waals surface area contributed by atoms with Gasteiger partial charge in [0.05, 0.1) is 6.04 Å². The number of nitrogens with two attached hydrogens (primary N) is 1. The lowest BCUT2D eigenvalue weighted by Crippen LogP contribution is -2.36. The van der Waals surface area contributed by atoms with E-state index < -0.39 is 0 Å². The summed E-state index contributed by atoms with van der Waals surface area (Å²) in [4.78, 5) is 4.20. The third kappa shape index (κ3) is 2.56. The number of hydrogen-bond donors (Lipinski definition) is 1. The molecule has 0 radical (unpaired) electrons. The Balaban J connectivity index is 1.78. The lowest BCUT2D eigenvalue weighted by molar-refractivity contribution is 0.185. The van der Waals surface area contributed by atoms with Crippen LogP contribution in [-0.4, -0.2) is 24.0 Å². The first-order valence-electron chi connectivity index (χ1n) is 6.79. The van der Waals surface area contributed by atoms with Gasteiger partial charge in [0.1, 0.15) is 0 Å². The van der Waals surface area contributed by atoms with Gasteiger partial charge in [-0.15, -0.1) is 11.3 Å². The molecule has 0 amide bonds. The van der Waals surface area contributed by atoms with Crippen molar-refractivity contribution in [3.05, 3.63) is 21.9 Å². The third-order valence-electron chi connectivity index (χ3n) is 4.01. The summed E-state index contributed by atoms with van der Waals surface area (Å²) in [5.74, 6) is 0.963. The van der Waals surface area contributed by atoms with Gasteiger partial charge in [-0.3, -0.25) is 4.90 Å². The lowest BCUT2D eigenvalue weighted by Gasteiger charge is -2.31. The zero-order chi connectivity index (χ0) is 11.8. The Morgan fingerprint density at radius 1 is 1.41 bits per heavy atom. The third-order valence-corrected chi connectivity index (χ3v) is 5.13. The molecule has 2 saturated carbocycles. The Morgan fingerprint density at radius 3 is 2.65 bits per heavy atom. The molecule has 0 aromatic carbocycles. The van der Waals surface area contributed by atoms with Gasteiger partial charge < -0.3 is 5.73 Å². The second kappa shape index (κ2) is 4.71. The van der Waals surface area contributed by atoms with Crippen molar-refractivity contribution in [2.45, 2.75) is 44.7 Å². The highest BCUT2D eigenvalue weighted by Gasteiger charge is 2.38. The van der Waals surface area contributed by atoms with Crippen LogP contribution >= 0.6 is 11.3 Å². The number of rotatable bonds is 6. The van der Waals surface area contributed by atoms with Gasteiger partial charge in [-0.25, -0.2) is 0 Å². The molecule has 2 fully saturated rings. The highest BCUT2D eigenvalue weighted by Crippen LogP contribution is 2.40. The molecule has 1 aromatic rings. The van der Waals surface area contributed by atoms with Crippen LogP contribution in [0.4, 0.5) is 0 Å². The normalized spacial score (nSPS) is 22.1. The zero-order valence-corrected chi connectivity index (χ0v) is 11.4. The van der Waals surface area contributed by atoms with E-state index in [4.69, 9.17) is 5.73 Å². The van der Waals surface area contributed by atoms with Crippen LogP contribution in [0.15, 0.2) is 11.4 Å². The van der Waals surface area contributed by atoms with Crippen molar-refractivity contribution in [1.82, 2.24) is 4.90 Å². The standard InChI is InChI=1S/C14H22N2S/c1-10-6-7-17-14(10)13(8-15)16(12-4-5-12)9-11-2-3-11/h6-7,11-13H,2-5,8-9,15H2,1H3. The van der Waals surface area contributed by atoms with E-state index in [2.05, 4.69) is 23.3 Å². The van der Waals surface area contributed by atoms with Crippen molar-refractivity contribution in [3.8, 4) is 0 Å². The highest BCUT2D eigenvalue weighted by molar-refractivity contribution is 7.10. The van der Waals surface area contributed by atoms with E-state index in [1.807, 2.05) is 11.3 Å². The minimum atomic E-state index is 0.475. The predicted molar refractivity (Wildman–Crippen MR) is 73.3 cm³/mol. The van der Waals surface area contributed by atoms with Crippen LogP contribution in [0.1, 0.15) is 42.2 Å². The molecule has 2 nitrogen and oxygen atoms in total. The molecule has 0 aliphatic heterocycles. The van der Waals surface area contributed by atoms with Crippen molar-refractivity contribution in [2.24, 2.45) is 11.7 Å². The van der Waals surface area contributed by atoms with Crippen LogP contribution in [0.2, 0.25) is 0 Å². The number of nitrogens with zero attached hydrogens (tertiary/aromatic N) is 1. The van der Waals surface area contributed by atoms with E-state index >= 15 is 0 Å². The monoisotopic (exact) mass is 250 g/mol. The number of hydrogen-bond acceptors (Lipinski definition) is 3. The van der Waals surface area contributed by atoms with E-state index in [9.17, 15) is 0 Å². The lowest BCUT2D eigenvalue weighted by atomic mass is 10.1. The zero-order valence-electron chi connectivity index (χ0n) is 10.6. The van der Waals surface area contributed by atoms with Crippen LogP contribution < -0.4 is 5.73 Å². The molecular formula is C14H22N2S. The van der Waals surface area contributed by atoms with E-state index in [1.54, 1.807) is 0 Å². The van der Waals surface area contributed by atoms with E-state index in [0.29, 0.717) is 6.04 Å². The van der Waals surface area contributed by atoms with E-state index in [0.717, 1.165) is 18.5 Å². The molecule has 94 valence electrons. The molecule has 3 rings (SSSR count). The van der Waals surface area contributed by atoms with Gasteiger partial charge in [-0.05, 0) is 55.5 Å². The predicted octanol–water partition coefficient (Wildman–Crippen LogP) is 2.93. The number of thiophene rings is 1. The van der Waals surface area contributed by atoms with Gasteiger partial charge in [0.15, 0.2) is 0 Å². The summed E-state index contributed by atoms with van der Waals surface area (Å²) in [7, 11) is 0. The molecule has 2 aliphatic rings. The first kappa shape index (κ1) is 11.7. The molecule has 0 bridgehead atoms. The molecule has 1 unspecified atom stereocenters. The van der Waals surface area contributed by atoms with Crippen LogP contribution in [0, 0.1) is 12.8 Å². The molecule has 1 atom stereocenters. The first-order valence-corrected chi connectivity index (χ1v) is 7.67. The summed E-state index contributed by atoms with van der Waals surface area (Å²) in [5, 5.41) is 2.20. The molecule has 1 heterocycles. The van der Waals surface area contributed by atoms with Crippen LogP contribution in [-0.2, 0) is 0 Å². The van der Waals surface area contributed by atoms with Gasteiger partial charge in [-0.2, -0.15) is 0 Å². The minimum absolute atomic E-state index is 0.475. The summed E-state index contributed by atoms with van der Waals surface area (Å²) >= 11 is 1.88. The van der Waals surface area contributed by atoms with Crippen molar-refractivity contribution in [1.29, 1.82) is 0 Å². The highest BCUT2D eigenvalue weighted by atomic mass is 32.1. The largest absolute Gasteiger partial charge is 0.329 e. The molecule has 2 aliphatic carbocycles. The minimum Gasteiger partial charge on any atom is -0.329 e. The fourth-order valence-corrected chi connectivity index (χ4v) is 3.72. The quantitative estimate of drug-likeness (QED) is 0.841. The topological polar surface area (TPSA) is 29.3 Å². The Labute approximate surface area is 108 Å². The molecular weight excluding hydrogens is 228 g/mol. The Hall–Kier alpha value is -0.380. The van der Waals surface area contributed by atoms with Gasteiger partial charge in [-0.1, -0.05) is 0 Å². The molecule has 17 heavy (non-hydrogen) atoms. The molecule has 0 saturated heterocycles. The van der Waals surface area contributed by atoms with Crippen molar-refractivity contribution in [2.75, 3.05) is 13.1 Å². The molecule has 1 aromatic heterocycles. The van der Waals surface area contributed by atoms with Gasteiger partial charge in [0.25, 0.3) is 0 Å². The summed E-state index contributed by atoms with van der Waals surface area (Å²) in [6, 6.07) is 3.53. The van der Waals surface area contributed by atoms with E-state index in [1.165, 1.54) is 42.7 Å². The molecule has 0 spiro atoms. The summed E-state index contributed by atoms with van der Waals surface area (Å²) in [6.45, 7) is 4.27. The Bertz CT molecular complexity index is 379. The first-order chi connectivity index (χ1) is 8.29. The van der Waals surface area contributed by atoms with E-state index in [-0.39, 0.29) is 0 Å². The fraction of sp³-hybridized carbons (Fsp3) is 0.714. The fourth-order valence-electron chi connectivity index (χ4n) is 2.65. The smallest absolute Gasteiger partial charge is 0.0569 e. The van der Waals surface area contributed by atoms with Crippen LogP contribution in [0.3, 0.4) is 0 Å². The molecule has 3 heteroatoms. The number of aryl methyl sites for hydroxylation is 1. The van der Waals surface area contributed by atoms with Crippen molar-refractivity contribution in [3.63, 3.8) is 0 Å². The second-order valence-corrected chi connectivity index (χ2v) is 6.54. The van der Waals surface area contributed by atoms with Crippen molar-refractivity contribution >= 4 is 11.3 Å². The second-order valence-electron chi connectivity index (χ2n) is 5.59. The Morgan fingerprint density at radius 2 is 2.18 bits per heavy atom. The van der Waals surface area contributed by atoms with Crippen LogP contribution in [0.5, 0.6) is 0 Å². The average Bonchev–Trinajstić information content (AvgIpc) is 3.21. The SMILES string of the molecule is Cc1ccsc1C(CN)N(CC1CC1)C1CC1. The summed E-state index contributed by atoms with van der Waals surface area (Å²) in [6.07, 6.45) is 5.63. The maximum Gasteiger partial charge on any atom is 0.0569 e. The Kier molecular flexibility index (Phi) is 3.24.